The summed E-state index contributed by atoms with van der Waals surface area (Å²) in [6.45, 7) is 7.42. The van der Waals surface area contributed by atoms with E-state index in [2.05, 4.69) is 17.4 Å². The summed E-state index contributed by atoms with van der Waals surface area (Å²) >= 11 is 0. The number of nitrogens with one attached hydrogen (secondary N) is 1. The molecule has 0 aliphatic rings. The van der Waals surface area contributed by atoms with Crippen LogP contribution in [-0.2, 0) is 9.63 Å². The molecule has 0 aliphatic carbocycles. The maximum absolute atomic E-state index is 10.9. The van der Waals surface area contributed by atoms with Gasteiger partial charge in [-0.2, -0.15) is 0 Å². The Morgan fingerprint density at radius 3 is 2.44 bits per heavy atom. The lowest BCUT2D eigenvalue weighted by Gasteiger charge is -2.08. The summed E-state index contributed by atoms with van der Waals surface area (Å²) in [5.41, 5.74) is 2.58. The summed E-state index contributed by atoms with van der Waals surface area (Å²) in [4.78, 5) is 16.2. The van der Waals surface area contributed by atoms with E-state index in [0.717, 1.165) is 23.4 Å². The minimum Gasteiger partial charge on any atom is -0.393 e. The lowest BCUT2D eigenvalue weighted by atomic mass is 10.1. The van der Waals surface area contributed by atoms with Crippen LogP contribution in [0.3, 0.4) is 0 Å². The molecular formula is C14H20N2O2. The quantitative estimate of drug-likeness (QED) is 0.642. The molecule has 0 aliphatic heterocycles. The molecule has 0 fully saturated rings. The molecule has 0 bridgehead atoms. The van der Waals surface area contributed by atoms with Crippen LogP contribution >= 0.6 is 0 Å². The summed E-state index contributed by atoms with van der Waals surface area (Å²) in [7, 11) is 0. The van der Waals surface area contributed by atoms with Crippen LogP contribution in [0.1, 0.15) is 39.7 Å². The van der Waals surface area contributed by atoms with Gasteiger partial charge in [0, 0.05) is 12.6 Å². The second-order valence-corrected chi connectivity index (χ2v) is 4.26. The monoisotopic (exact) mass is 248 g/mol. The fraction of sp³-hybridized carbons (Fsp3) is 0.429. The average molecular weight is 248 g/mol. The Hall–Kier alpha value is -1.84. The van der Waals surface area contributed by atoms with Gasteiger partial charge in [0.25, 0.3) is 0 Å². The van der Waals surface area contributed by atoms with Crippen LogP contribution in [0, 0.1) is 0 Å². The molecule has 98 valence electrons. The Kier molecular flexibility index (Phi) is 5.36. The highest BCUT2D eigenvalue weighted by Gasteiger charge is 2.01. The first-order valence-electron chi connectivity index (χ1n) is 6.11. The van der Waals surface area contributed by atoms with Crippen molar-refractivity contribution in [3.63, 3.8) is 0 Å². The van der Waals surface area contributed by atoms with Crippen LogP contribution in [0.25, 0.3) is 0 Å². The summed E-state index contributed by atoms with van der Waals surface area (Å²) in [6, 6.07) is 7.51. The van der Waals surface area contributed by atoms with E-state index in [4.69, 9.17) is 4.84 Å². The molecule has 1 rings (SSSR count). The zero-order valence-electron chi connectivity index (χ0n) is 11.4. The molecule has 4 nitrogen and oxygen atoms in total. The molecule has 1 atom stereocenters. The number of amides is 1. The fourth-order valence-corrected chi connectivity index (χ4v) is 1.29. The molecule has 0 saturated heterocycles. The van der Waals surface area contributed by atoms with Crippen molar-refractivity contribution in [3.8, 4) is 0 Å². The number of hydrogen-bond acceptors (Lipinski definition) is 3. The maximum Gasteiger partial charge on any atom is 0.221 e. The fourth-order valence-electron chi connectivity index (χ4n) is 1.29. The Bertz CT molecular complexity index is 424. The topological polar surface area (TPSA) is 50.7 Å². The van der Waals surface area contributed by atoms with Crippen molar-refractivity contribution < 1.29 is 9.63 Å². The molecule has 0 heterocycles. The highest BCUT2D eigenvalue weighted by Crippen LogP contribution is 2.11. The van der Waals surface area contributed by atoms with Gasteiger partial charge in [0.1, 0.15) is 6.10 Å². The van der Waals surface area contributed by atoms with E-state index in [1.807, 2.05) is 38.1 Å². The van der Waals surface area contributed by atoms with Crippen LogP contribution < -0.4 is 5.32 Å². The maximum atomic E-state index is 10.9. The number of benzene rings is 1. The molecule has 1 unspecified atom stereocenters. The van der Waals surface area contributed by atoms with E-state index in [1.165, 1.54) is 6.92 Å². The van der Waals surface area contributed by atoms with E-state index in [9.17, 15) is 4.79 Å². The van der Waals surface area contributed by atoms with E-state index in [1.54, 1.807) is 0 Å². The van der Waals surface area contributed by atoms with Crippen molar-refractivity contribution in [2.45, 2.75) is 40.2 Å². The largest absolute Gasteiger partial charge is 0.393 e. The van der Waals surface area contributed by atoms with Crippen molar-refractivity contribution in [1.29, 1.82) is 0 Å². The molecule has 4 heteroatoms. The standard InChI is InChI=1S/C14H20N2O2/c1-5-10(2)18-16-11(3)13-6-8-14(9-7-13)15-12(4)17/h6-10H,5H2,1-4H3,(H,15,17)/b16-11+. The normalized spacial score (nSPS) is 13.0. The zero-order valence-corrected chi connectivity index (χ0v) is 11.4. The van der Waals surface area contributed by atoms with Crippen LogP contribution in [-0.4, -0.2) is 17.7 Å². The van der Waals surface area contributed by atoms with Gasteiger partial charge >= 0.3 is 0 Å². The number of rotatable bonds is 5. The zero-order chi connectivity index (χ0) is 13.5. The second-order valence-electron chi connectivity index (χ2n) is 4.26. The number of hydrogen-bond donors (Lipinski definition) is 1. The van der Waals surface area contributed by atoms with E-state index in [0.29, 0.717) is 0 Å². The smallest absolute Gasteiger partial charge is 0.221 e. The molecule has 1 aromatic rings. The lowest BCUT2D eigenvalue weighted by molar-refractivity contribution is -0.114. The molecule has 1 N–H and O–H groups in total. The van der Waals surface area contributed by atoms with Gasteiger partial charge in [0.05, 0.1) is 5.71 Å². The van der Waals surface area contributed by atoms with Crippen molar-refractivity contribution >= 4 is 17.3 Å². The van der Waals surface area contributed by atoms with Gasteiger partial charge in [-0.15, -0.1) is 0 Å². The van der Waals surface area contributed by atoms with Gasteiger partial charge < -0.3 is 10.2 Å². The second kappa shape index (κ2) is 6.79. The first kappa shape index (κ1) is 14.2. The van der Waals surface area contributed by atoms with Crippen LogP contribution in [0.4, 0.5) is 5.69 Å². The molecule has 1 amide bonds. The Labute approximate surface area is 108 Å². The van der Waals surface area contributed by atoms with E-state index in [-0.39, 0.29) is 12.0 Å². The number of anilines is 1. The predicted octanol–water partition coefficient (Wildman–Crippen LogP) is 3.18. The highest BCUT2D eigenvalue weighted by molar-refractivity contribution is 5.99. The summed E-state index contributed by atoms with van der Waals surface area (Å²) < 4.78 is 0. The number of carbonyl (C=O) groups excluding carboxylic acids is 1. The van der Waals surface area contributed by atoms with Crippen LogP contribution in [0.5, 0.6) is 0 Å². The van der Waals surface area contributed by atoms with Gasteiger partial charge in [-0.1, -0.05) is 24.2 Å². The lowest BCUT2D eigenvalue weighted by Crippen LogP contribution is -2.06. The van der Waals surface area contributed by atoms with Crippen molar-refractivity contribution in [2.75, 3.05) is 5.32 Å². The summed E-state index contributed by atoms with van der Waals surface area (Å²) in [6.07, 6.45) is 1.05. The summed E-state index contributed by atoms with van der Waals surface area (Å²) in [5, 5.41) is 6.81. The number of oxime groups is 1. The van der Waals surface area contributed by atoms with Crippen molar-refractivity contribution in [1.82, 2.24) is 0 Å². The summed E-state index contributed by atoms with van der Waals surface area (Å²) in [5.74, 6) is -0.0757. The molecule has 0 spiro atoms. The molecule has 0 saturated carbocycles. The first-order chi connectivity index (χ1) is 8.52. The third kappa shape index (κ3) is 4.57. The Balaban J connectivity index is 2.69. The third-order valence-corrected chi connectivity index (χ3v) is 2.57. The molecule has 0 aromatic heterocycles. The molecule has 0 radical (unpaired) electrons. The van der Waals surface area contributed by atoms with Gasteiger partial charge in [-0.05, 0) is 38.0 Å². The average Bonchev–Trinajstić information content (AvgIpc) is 2.35. The van der Waals surface area contributed by atoms with E-state index >= 15 is 0 Å². The first-order valence-corrected chi connectivity index (χ1v) is 6.11. The molecule has 18 heavy (non-hydrogen) atoms. The van der Waals surface area contributed by atoms with E-state index < -0.39 is 0 Å². The third-order valence-electron chi connectivity index (χ3n) is 2.57. The van der Waals surface area contributed by atoms with Gasteiger partial charge in [-0.3, -0.25) is 4.79 Å². The van der Waals surface area contributed by atoms with Gasteiger partial charge in [-0.25, -0.2) is 0 Å². The Morgan fingerprint density at radius 2 is 1.94 bits per heavy atom. The minimum atomic E-state index is -0.0757. The number of carbonyl (C=O) groups is 1. The predicted molar refractivity (Wildman–Crippen MR) is 73.8 cm³/mol. The van der Waals surface area contributed by atoms with Crippen LogP contribution in [0.2, 0.25) is 0 Å². The molecule has 1 aromatic carbocycles. The minimum absolute atomic E-state index is 0.0757. The number of nitrogens with zero attached hydrogens (tertiary/aromatic N) is 1. The Morgan fingerprint density at radius 1 is 1.33 bits per heavy atom. The SMILES string of the molecule is CCC(C)O/N=C(\C)c1ccc(NC(C)=O)cc1. The van der Waals surface area contributed by atoms with Crippen molar-refractivity contribution in [2.24, 2.45) is 5.16 Å². The van der Waals surface area contributed by atoms with Gasteiger partial charge in [0.15, 0.2) is 0 Å². The molecular weight excluding hydrogens is 228 g/mol. The highest BCUT2D eigenvalue weighted by atomic mass is 16.6. The van der Waals surface area contributed by atoms with Crippen molar-refractivity contribution in [3.05, 3.63) is 29.8 Å². The van der Waals surface area contributed by atoms with Crippen LogP contribution in [0.15, 0.2) is 29.4 Å². The van der Waals surface area contributed by atoms with Gasteiger partial charge in [0.2, 0.25) is 5.91 Å².